The fourth-order valence-electron chi connectivity index (χ4n) is 4.63. The van der Waals surface area contributed by atoms with E-state index in [1.807, 2.05) is 25.7 Å². The summed E-state index contributed by atoms with van der Waals surface area (Å²) in [5.74, 6) is -0.596. The van der Waals surface area contributed by atoms with Crippen molar-refractivity contribution in [1.82, 2.24) is 19.4 Å². The van der Waals surface area contributed by atoms with Gasteiger partial charge in [-0.15, -0.1) is 0 Å². The number of anilines is 2. The SMILES string of the molecule is CC.CCc1c(N2CCN(C(=O)OC(C)(C)C)CC2)c(=O)c2nc(Br)cnc2n1CC(=O)Nc1ccc(C(F)(F)F)cc1Cl. The number of hydrogen-bond acceptors (Lipinski definition) is 7. The summed E-state index contributed by atoms with van der Waals surface area (Å²) in [6.07, 6.45) is -3.28. The lowest BCUT2D eigenvalue weighted by atomic mass is 10.1. The Bertz CT molecular complexity index is 1580. The van der Waals surface area contributed by atoms with E-state index in [4.69, 9.17) is 16.3 Å². The Morgan fingerprint density at radius 2 is 1.75 bits per heavy atom. The van der Waals surface area contributed by atoms with Gasteiger partial charge in [-0.3, -0.25) is 9.59 Å². The third-order valence-electron chi connectivity index (χ3n) is 6.46. The number of carbonyl (C=O) groups is 2. The molecule has 10 nitrogen and oxygen atoms in total. The summed E-state index contributed by atoms with van der Waals surface area (Å²) in [6.45, 7) is 12.2. The van der Waals surface area contributed by atoms with Crippen molar-refractivity contribution in [2.75, 3.05) is 36.4 Å². The summed E-state index contributed by atoms with van der Waals surface area (Å²) >= 11 is 9.29. The summed E-state index contributed by atoms with van der Waals surface area (Å²) in [6, 6.07) is 2.65. The largest absolute Gasteiger partial charge is 0.444 e. The molecule has 3 aromatic rings. The van der Waals surface area contributed by atoms with E-state index < -0.39 is 29.3 Å². The van der Waals surface area contributed by atoms with Crippen LogP contribution < -0.4 is 15.6 Å². The Hall–Kier alpha value is -3.39. The second-order valence-corrected chi connectivity index (χ2v) is 11.8. The minimum Gasteiger partial charge on any atom is -0.444 e. The van der Waals surface area contributed by atoms with Gasteiger partial charge in [0, 0.05) is 31.9 Å². The van der Waals surface area contributed by atoms with Crippen LogP contribution in [0.15, 0.2) is 33.8 Å². The molecule has 0 unspecified atom stereocenters. The molecule has 1 aromatic carbocycles. The fraction of sp³-hybridized carbons (Fsp3) is 0.483. The molecule has 1 N–H and O–H groups in total. The molecule has 1 aliphatic rings. The molecule has 0 saturated carbocycles. The zero-order valence-corrected chi connectivity index (χ0v) is 27.7. The minimum absolute atomic E-state index is 0.00498. The van der Waals surface area contributed by atoms with Crippen molar-refractivity contribution in [2.24, 2.45) is 0 Å². The molecule has 0 spiro atoms. The van der Waals surface area contributed by atoms with E-state index in [1.54, 1.807) is 30.2 Å². The number of amides is 2. The van der Waals surface area contributed by atoms with Gasteiger partial charge < -0.3 is 24.4 Å². The normalized spacial score (nSPS) is 13.8. The second-order valence-electron chi connectivity index (χ2n) is 10.6. The first-order chi connectivity index (χ1) is 20.6. The van der Waals surface area contributed by atoms with Crippen LogP contribution in [0.3, 0.4) is 0 Å². The van der Waals surface area contributed by atoms with Crippen LogP contribution in [0.4, 0.5) is 29.3 Å². The van der Waals surface area contributed by atoms with Gasteiger partial charge in [-0.05, 0) is 61.3 Å². The number of halogens is 5. The molecule has 0 aliphatic carbocycles. The van der Waals surface area contributed by atoms with E-state index >= 15 is 0 Å². The Kier molecular flexibility index (Phi) is 11.3. The Labute approximate surface area is 266 Å². The van der Waals surface area contributed by atoms with Gasteiger partial charge in [0.05, 0.1) is 22.5 Å². The lowest BCUT2D eigenvalue weighted by Gasteiger charge is -2.37. The van der Waals surface area contributed by atoms with Gasteiger partial charge in [0.25, 0.3) is 0 Å². The molecule has 240 valence electrons. The van der Waals surface area contributed by atoms with Gasteiger partial charge in [-0.1, -0.05) is 32.4 Å². The van der Waals surface area contributed by atoms with Gasteiger partial charge in [-0.25, -0.2) is 14.8 Å². The van der Waals surface area contributed by atoms with Crippen LogP contribution in [0.1, 0.15) is 52.8 Å². The van der Waals surface area contributed by atoms with Crippen molar-refractivity contribution in [3.05, 3.63) is 55.5 Å². The van der Waals surface area contributed by atoms with E-state index in [0.29, 0.717) is 48.6 Å². The Morgan fingerprint density at radius 3 is 2.30 bits per heavy atom. The van der Waals surface area contributed by atoms with Crippen molar-refractivity contribution in [3.8, 4) is 0 Å². The predicted octanol–water partition coefficient (Wildman–Crippen LogP) is 6.51. The first kappa shape index (κ1) is 35.1. The van der Waals surface area contributed by atoms with E-state index in [2.05, 4.69) is 31.2 Å². The minimum atomic E-state index is -4.58. The van der Waals surface area contributed by atoms with Gasteiger partial charge in [0.15, 0.2) is 11.2 Å². The zero-order valence-electron chi connectivity index (χ0n) is 25.3. The highest BCUT2D eigenvalue weighted by molar-refractivity contribution is 9.10. The molecule has 0 bridgehead atoms. The number of alkyl halides is 3. The molecular weight excluding hydrogens is 669 g/mol. The number of nitrogens with zero attached hydrogens (tertiary/aromatic N) is 5. The monoisotopic (exact) mass is 702 g/mol. The first-order valence-electron chi connectivity index (χ1n) is 14.1. The highest BCUT2D eigenvalue weighted by Crippen LogP contribution is 2.34. The molecule has 4 rings (SSSR count). The van der Waals surface area contributed by atoms with Crippen LogP contribution in [0.2, 0.25) is 5.02 Å². The van der Waals surface area contributed by atoms with Crippen molar-refractivity contribution in [3.63, 3.8) is 0 Å². The average Bonchev–Trinajstić information content (AvgIpc) is 2.95. The molecule has 1 saturated heterocycles. The number of carbonyl (C=O) groups excluding carboxylic acids is 2. The number of pyridine rings is 1. The second kappa shape index (κ2) is 14.1. The predicted molar refractivity (Wildman–Crippen MR) is 167 cm³/mol. The summed E-state index contributed by atoms with van der Waals surface area (Å²) in [5, 5.41) is 2.28. The highest BCUT2D eigenvalue weighted by Gasteiger charge is 2.32. The Morgan fingerprint density at radius 1 is 1.11 bits per heavy atom. The van der Waals surface area contributed by atoms with Crippen LogP contribution >= 0.6 is 27.5 Å². The smallest absolute Gasteiger partial charge is 0.416 e. The molecular formula is C29H35BrClF3N6O4. The van der Waals surface area contributed by atoms with Crippen LogP contribution in [0, 0.1) is 0 Å². The van der Waals surface area contributed by atoms with Gasteiger partial charge in [0.1, 0.15) is 22.4 Å². The molecule has 1 fully saturated rings. The third kappa shape index (κ3) is 8.20. The van der Waals surface area contributed by atoms with Gasteiger partial charge >= 0.3 is 12.3 Å². The summed E-state index contributed by atoms with van der Waals surface area (Å²) in [7, 11) is 0. The fourth-order valence-corrected chi connectivity index (χ4v) is 5.14. The van der Waals surface area contributed by atoms with Crippen LogP contribution in [0.25, 0.3) is 11.2 Å². The zero-order chi connectivity index (χ0) is 33.0. The maximum absolute atomic E-state index is 13.8. The number of ether oxygens (including phenoxy) is 1. The number of aromatic nitrogens is 3. The summed E-state index contributed by atoms with van der Waals surface area (Å²) < 4.78 is 46.5. The topological polar surface area (TPSA) is 110 Å². The maximum atomic E-state index is 13.8. The van der Waals surface area contributed by atoms with E-state index in [0.717, 1.165) is 18.2 Å². The number of fused-ring (bicyclic) bond motifs is 1. The lowest BCUT2D eigenvalue weighted by molar-refractivity contribution is -0.137. The van der Waals surface area contributed by atoms with Crippen LogP contribution in [-0.2, 0) is 28.7 Å². The molecule has 44 heavy (non-hydrogen) atoms. The van der Waals surface area contributed by atoms with E-state index in [-0.39, 0.29) is 33.8 Å². The van der Waals surface area contributed by atoms with Crippen molar-refractivity contribution in [1.29, 1.82) is 0 Å². The van der Waals surface area contributed by atoms with Crippen molar-refractivity contribution >= 4 is 62.1 Å². The quantitative estimate of drug-likeness (QED) is 0.323. The van der Waals surface area contributed by atoms with Crippen LogP contribution in [-0.4, -0.2) is 63.2 Å². The van der Waals surface area contributed by atoms with Crippen molar-refractivity contribution < 1.29 is 27.5 Å². The summed E-state index contributed by atoms with van der Waals surface area (Å²) in [4.78, 5) is 51.6. The molecule has 3 heterocycles. The highest BCUT2D eigenvalue weighted by atomic mass is 79.9. The van der Waals surface area contributed by atoms with E-state index in [9.17, 15) is 27.6 Å². The Balaban J connectivity index is 0.00000259. The number of nitrogens with one attached hydrogen (secondary N) is 1. The molecule has 0 radical (unpaired) electrons. The summed E-state index contributed by atoms with van der Waals surface area (Å²) in [5.41, 5.74) is -0.898. The molecule has 2 amide bonds. The number of benzene rings is 1. The molecule has 2 aromatic heterocycles. The van der Waals surface area contributed by atoms with Crippen molar-refractivity contribution in [2.45, 2.75) is 66.3 Å². The first-order valence-corrected chi connectivity index (χ1v) is 15.2. The molecule has 15 heteroatoms. The van der Waals surface area contributed by atoms with Gasteiger partial charge in [0.2, 0.25) is 11.3 Å². The number of piperazine rings is 1. The molecule has 1 aliphatic heterocycles. The number of rotatable bonds is 5. The third-order valence-corrected chi connectivity index (χ3v) is 7.16. The van der Waals surface area contributed by atoms with Gasteiger partial charge in [-0.2, -0.15) is 13.2 Å². The maximum Gasteiger partial charge on any atom is 0.416 e. The number of hydrogen-bond donors (Lipinski definition) is 1. The standard InChI is InChI=1S/C27H29BrClF3N6O4.C2H6/c1-5-18-22(36-8-10-37(11-9-36)25(41)42-26(2,3)4)23(40)21-24(33-13-19(28)35-21)38(18)14-20(39)34-17-7-6-15(12-16(17)29)27(30,31)32;1-2/h6-7,12-13H,5,8-11,14H2,1-4H3,(H,34,39);1-2H3. The van der Waals surface area contributed by atoms with E-state index in [1.165, 1.54) is 6.20 Å². The van der Waals surface area contributed by atoms with Crippen LogP contribution in [0.5, 0.6) is 0 Å². The lowest BCUT2D eigenvalue weighted by Crippen LogP contribution is -2.51. The average molecular weight is 704 g/mol. The molecule has 0 atom stereocenters.